The summed E-state index contributed by atoms with van der Waals surface area (Å²) in [6, 6.07) is 3.37. The summed E-state index contributed by atoms with van der Waals surface area (Å²) in [6.07, 6.45) is 9.94. The normalized spacial score (nSPS) is 32.2. The van der Waals surface area contributed by atoms with Crippen LogP contribution < -0.4 is 0 Å². The van der Waals surface area contributed by atoms with E-state index in [-0.39, 0.29) is 12.0 Å². The molecule has 2 atom stereocenters. The van der Waals surface area contributed by atoms with Gasteiger partial charge in [-0.15, -0.1) is 0 Å². The third kappa shape index (κ3) is 3.41. The van der Waals surface area contributed by atoms with Gasteiger partial charge in [-0.3, -0.25) is 0 Å². The molecule has 2 unspecified atom stereocenters. The number of epoxide rings is 1. The van der Waals surface area contributed by atoms with Gasteiger partial charge in [0.1, 0.15) is 12.4 Å². The third-order valence-corrected chi connectivity index (χ3v) is 6.27. The fourth-order valence-corrected chi connectivity index (χ4v) is 4.57. The van der Waals surface area contributed by atoms with E-state index in [2.05, 4.69) is 6.08 Å². The zero-order valence-corrected chi connectivity index (χ0v) is 14.3. The van der Waals surface area contributed by atoms with Gasteiger partial charge >= 0.3 is 0 Å². The van der Waals surface area contributed by atoms with E-state index in [1.54, 1.807) is 12.1 Å². The first-order valence-electron chi connectivity index (χ1n) is 9.41. The molecule has 2 nitrogen and oxygen atoms in total. The summed E-state index contributed by atoms with van der Waals surface area (Å²) in [5.74, 6) is 0.0461. The molecule has 3 aliphatic rings. The average Bonchev–Trinajstić information content (AvgIpc) is 3.49. The van der Waals surface area contributed by atoms with Crippen molar-refractivity contribution in [2.75, 3.05) is 6.61 Å². The summed E-state index contributed by atoms with van der Waals surface area (Å²) in [4.78, 5) is 10.9. The Hall–Kier alpha value is -1.55. The van der Waals surface area contributed by atoms with E-state index in [1.807, 2.05) is 0 Å². The first-order chi connectivity index (χ1) is 12.2. The van der Waals surface area contributed by atoms with E-state index in [0.29, 0.717) is 29.6 Å². The van der Waals surface area contributed by atoms with Crippen LogP contribution >= 0.6 is 0 Å². The van der Waals surface area contributed by atoms with Crippen molar-refractivity contribution in [2.45, 2.75) is 51.0 Å². The van der Waals surface area contributed by atoms with Gasteiger partial charge in [-0.1, -0.05) is 18.2 Å². The molecule has 1 aromatic rings. The van der Waals surface area contributed by atoms with E-state index >= 15 is 0 Å². The van der Waals surface area contributed by atoms with Crippen molar-refractivity contribution in [2.24, 2.45) is 17.8 Å². The summed E-state index contributed by atoms with van der Waals surface area (Å²) in [7, 11) is 0. The number of aldehydes is 1. The van der Waals surface area contributed by atoms with Crippen molar-refractivity contribution in [3.8, 4) is 0 Å². The van der Waals surface area contributed by atoms with Gasteiger partial charge in [-0.05, 0) is 62.4 Å². The van der Waals surface area contributed by atoms with Crippen LogP contribution in [0.4, 0.5) is 8.78 Å². The molecule has 1 saturated heterocycles. The number of carbonyl (C=O) groups is 1. The van der Waals surface area contributed by atoms with Gasteiger partial charge in [0.05, 0.1) is 6.61 Å². The van der Waals surface area contributed by atoms with Crippen LogP contribution in [0.2, 0.25) is 0 Å². The number of hydrogen-bond donors (Lipinski definition) is 0. The van der Waals surface area contributed by atoms with E-state index in [9.17, 15) is 13.6 Å². The quantitative estimate of drug-likeness (QED) is 0.552. The molecule has 2 aliphatic carbocycles. The molecule has 0 amide bonds. The van der Waals surface area contributed by atoms with Gasteiger partial charge in [0.15, 0.2) is 11.6 Å². The van der Waals surface area contributed by atoms with Crippen molar-refractivity contribution >= 4 is 11.9 Å². The first kappa shape index (κ1) is 16.9. The number of carbonyl (C=O) groups excluding carboxylic acids is 1. The molecule has 1 heterocycles. The van der Waals surface area contributed by atoms with Crippen LogP contribution in [0.3, 0.4) is 0 Å². The zero-order chi connectivity index (χ0) is 17.4. The number of allylic oxidation sites excluding steroid dienone is 2. The molecule has 0 radical (unpaired) electrons. The first-order valence-corrected chi connectivity index (χ1v) is 9.41. The van der Waals surface area contributed by atoms with Crippen LogP contribution in [-0.4, -0.2) is 12.9 Å². The largest absolute Gasteiger partial charge is 0.368 e. The second kappa shape index (κ2) is 6.99. The SMILES string of the molecule is O=CC1CCC(C2CC=C(c3ccc(C4CO4)c(F)c3F)CC2)CC1. The molecule has 0 spiro atoms. The lowest BCUT2D eigenvalue weighted by Crippen LogP contribution is -2.23. The molecule has 1 aromatic carbocycles. The molecular formula is C21H24F2O2. The predicted octanol–water partition coefficient (Wildman–Crippen LogP) is 5.22. The van der Waals surface area contributed by atoms with Crippen LogP contribution in [0.15, 0.2) is 18.2 Å². The molecule has 2 fully saturated rings. The van der Waals surface area contributed by atoms with Gasteiger partial charge in [0, 0.05) is 17.0 Å². The van der Waals surface area contributed by atoms with Crippen molar-refractivity contribution < 1.29 is 18.3 Å². The van der Waals surface area contributed by atoms with Gasteiger partial charge in [-0.25, -0.2) is 8.78 Å². The fraction of sp³-hybridized carbons (Fsp3) is 0.571. The topological polar surface area (TPSA) is 29.6 Å². The maximum atomic E-state index is 14.5. The number of halogens is 2. The van der Waals surface area contributed by atoms with Crippen molar-refractivity contribution in [3.63, 3.8) is 0 Å². The summed E-state index contributed by atoms with van der Waals surface area (Å²) in [6.45, 7) is 0.479. The Morgan fingerprint density at radius 2 is 1.76 bits per heavy atom. The van der Waals surface area contributed by atoms with Crippen LogP contribution in [0.5, 0.6) is 0 Å². The van der Waals surface area contributed by atoms with Gasteiger partial charge in [-0.2, -0.15) is 0 Å². The Balaban J connectivity index is 1.44. The average molecular weight is 346 g/mol. The van der Waals surface area contributed by atoms with Gasteiger partial charge < -0.3 is 9.53 Å². The molecule has 25 heavy (non-hydrogen) atoms. The highest BCUT2D eigenvalue weighted by Gasteiger charge is 2.32. The second-order valence-electron chi connectivity index (χ2n) is 7.73. The predicted molar refractivity (Wildman–Crippen MR) is 91.9 cm³/mol. The lowest BCUT2D eigenvalue weighted by atomic mass is 9.71. The maximum Gasteiger partial charge on any atom is 0.166 e. The molecule has 1 saturated carbocycles. The fourth-order valence-electron chi connectivity index (χ4n) is 4.57. The summed E-state index contributed by atoms with van der Waals surface area (Å²) in [5.41, 5.74) is 1.67. The molecule has 0 bridgehead atoms. The Bertz CT molecular complexity index is 685. The van der Waals surface area contributed by atoms with Crippen LogP contribution in [0.25, 0.3) is 5.57 Å². The standard InChI is InChI=1S/C21H24F2O2/c22-20-17(9-10-18(21(20)23)19-12-25-19)16-7-5-15(6-8-16)14-3-1-13(11-24)2-4-14/h7,9-11,13-15,19H,1-6,8,12H2. The highest BCUT2D eigenvalue weighted by Crippen LogP contribution is 2.42. The molecule has 4 heteroatoms. The van der Waals surface area contributed by atoms with E-state index in [1.165, 1.54) is 0 Å². The molecule has 0 N–H and O–H groups in total. The lowest BCUT2D eigenvalue weighted by Gasteiger charge is -2.34. The molecule has 134 valence electrons. The summed E-state index contributed by atoms with van der Waals surface area (Å²) < 4.78 is 33.8. The number of benzene rings is 1. The summed E-state index contributed by atoms with van der Waals surface area (Å²) in [5, 5.41) is 0. The van der Waals surface area contributed by atoms with Gasteiger partial charge in [0.25, 0.3) is 0 Å². The number of rotatable bonds is 4. The minimum Gasteiger partial charge on any atom is -0.368 e. The Morgan fingerprint density at radius 1 is 1.00 bits per heavy atom. The monoisotopic (exact) mass is 346 g/mol. The molecule has 4 rings (SSSR count). The van der Waals surface area contributed by atoms with E-state index in [4.69, 9.17) is 4.74 Å². The molecular weight excluding hydrogens is 322 g/mol. The van der Waals surface area contributed by atoms with Crippen LogP contribution in [0, 0.1) is 29.4 Å². The highest BCUT2D eigenvalue weighted by molar-refractivity contribution is 5.67. The molecule has 1 aliphatic heterocycles. The van der Waals surface area contributed by atoms with Gasteiger partial charge in [0.2, 0.25) is 0 Å². The smallest absolute Gasteiger partial charge is 0.166 e. The Morgan fingerprint density at radius 3 is 2.36 bits per heavy atom. The zero-order valence-electron chi connectivity index (χ0n) is 14.3. The van der Waals surface area contributed by atoms with Crippen molar-refractivity contribution in [3.05, 3.63) is 41.0 Å². The maximum absolute atomic E-state index is 14.5. The van der Waals surface area contributed by atoms with E-state index < -0.39 is 11.6 Å². The van der Waals surface area contributed by atoms with Crippen molar-refractivity contribution in [1.29, 1.82) is 0 Å². The number of hydrogen-bond acceptors (Lipinski definition) is 2. The minimum atomic E-state index is -0.754. The summed E-state index contributed by atoms with van der Waals surface area (Å²) >= 11 is 0. The lowest BCUT2D eigenvalue weighted by molar-refractivity contribution is -0.112. The molecule has 0 aromatic heterocycles. The van der Waals surface area contributed by atoms with Crippen molar-refractivity contribution in [1.82, 2.24) is 0 Å². The third-order valence-electron chi connectivity index (χ3n) is 6.27. The Kier molecular flexibility index (Phi) is 4.72. The van der Waals surface area contributed by atoms with Crippen LogP contribution in [0.1, 0.15) is 62.2 Å². The second-order valence-corrected chi connectivity index (χ2v) is 7.73. The Labute approximate surface area is 147 Å². The minimum absolute atomic E-state index is 0.247. The highest BCUT2D eigenvalue weighted by atomic mass is 19.2. The van der Waals surface area contributed by atoms with E-state index in [0.717, 1.165) is 56.8 Å². The number of ether oxygens (including phenoxy) is 1. The van der Waals surface area contributed by atoms with Crippen LogP contribution in [-0.2, 0) is 9.53 Å².